The van der Waals surface area contributed by atoms with Crippen LogP contribution in [0.1, 0.15) is 61.3 Å². The predicted octanol–water partition coefficient (Wildman–Crippen LogP) is 9.24. The van der Waals surface area contributed by atoms with E-state index in [1.165, 1.54) is 41.5 Å². The summed E-state index contributed by atoms with van der Waals surface area (Å²) in [6.45, 7) is 10.7. The second kappa shape index (κ2) is 87.0. The van der Waals surface area contributed by atoms with Gasteiger partial charge in [-0.1, -0.05) is 19.8 Å². The number of hydrogen-bond acceptors (Lipinski definition) is 32. The van der Waals surface area contributed by atoms with Crippen molar-refractivity contribution in [3.63, 3.8) is 0 Å². The summed E-state index contributed by atoms with van der Waals surface area (Å²) in [7, 11) is -10.1. The molecule has 0 rings (SSSR count). The molecule has 54 heteroatoms. The van der Waals surface area contributed by atoms with E-state index in [1.807, 2.05) is 0 Å². The Morgan fingerprint density at radius 3 is 0.460 bits per heavy atom. The van der Waals surface area contributed by atoms with Crippen LogP contribution in [0.2, 0.25) is 0 Å². The maximum atomic E-state index is 10.7. The average molecular weight is 1680 g/mol. The van der Waals surface area contributed by atoms with Gasteiger partial charge >= 0.3 is 95.4 Å². The molecule has 0 spiro atoms. The molecule has 0 aromatic heterocycles. The Bertz CT molecular complexity index is 1820. The summed E-state index contributed by atoms with van der Waals surface area (Å²) in [5, 5.41) is 44.3. The molecule has 1 unspecified atom stereocenters. The summed E-state index contributed by atoms with van der Waals surface area (Å²) in [5.41, 5.74) is -22.6. The molecule has 0 fully saturated rings. The summed E-state index contributed by atoms with van der Waals surface area (Å²) < 4.78 is 292. The number of halogens is 12. The Kier molecular flexibility index (Phi) is 130. The number of alkyl halides is 12. The zero-order valence-corrected chi connectivity index (χ0v) is 60.6. The van der Waals surface area contributed by atoms with Gasteiger partial charge in [0, 0.05) is 127 Å². The van der Waals surface area contributed by atoms with Crippen molar-refractivity contribution in [2.75, 3.05) is 91.1 Å². The molecule has 0 amide bonds. The largest absolute Gasteiger partial charge is 3.00 e. The van der Waals surface area contributed by atoms with Crippen LogP contribution in [0.4, 0.5) is 52.7 Å². The van der Waals surface area contributed by atoms with Crippen LogP contribution in [-0.2, 0) is 159 Å². The molecule has 87 heavy (non-hydrogen) atoms. The third-order valence-corrected chi connectivity index (χ3v) is 10.5. The Balaban J connectivity index is -0.0000000407. The van der Waals surface area contributed by atoms with Gasteiger partial charge in [0.2, 0.25) is 0 Å². The first-order valence-corrected chi connectivity index (χ1v) is 30.1. The van der Waals surface area contributed by atoms with E-state index in [4.69, 9.17) is 109 Å². The standard InChI is InChI=1S/C5H12S2.4C3H9O3P.6C2H3N.4CHF3O3S.2Ru/c1-2-5(7)3-4-6;4*1-4-7(5-2)6-3;6*1-2-3;4*2-1(3,4)8(5,6)7;;/h5-7H,2-4H2,1H3;4*1-3H3;6*1H3;4*(H,5,6,7);;/q;;;;;;;;;;;;;;;2*+3/p-6. The third kappa shape index (κ3) is 143. The normalized spacial score (nSPS) is 10.1. The fraction of sp³-hybridized carbons (Fsp3) is 0.818. The van der Waals surface area contributed by atoms with Crippen LogP contribution >= 0.6 is 34.4 Å². The minimum Gasteiger partial charge on any atom is -0.793 e. The van der Waals surface area contributed by atoms with Crippen molar-refractivity contribution in [1.29, 1.82) is 31.6 Å². The molecule has 526 valence electrons. The molecule has 0 bridgehead atoms. The molecule has 1 atom stereocenters. The molecule has 0 saturated carbocycles. The fourth-order valence-corrected chi connectivity index (χ4v) is 3.57. The maximum Gasteiger partial charge on any atom is 3.00 e. The summed E-state index contributed by atoms with van der Waals surface area (Å²) in [6, 6.07) is 10.5. The van der Waals surface area contributed by atoms with E-state index >= 15 is 0 Å². The maximum absolute atomic E-state index is 10.7. The quantitative estimate of drug-likeness (QED) is 0.0368. The van der Waals surface area contributed by atoms with Crippen molar-refractivity contribution in [2.45, 2.75) is 88.6 Å². The van der Waals surface area contributed by atoms with Gasteiger partial charge in [0.15, 0.2) is 40.5 Å². The molecule has 0 heterocycles. The third-order valence-electron chi connectivity index (χ3n) is 3.82. The van der Waals surface area contributed by atoms with E-state index in [-0.39, 0.29) is 39.0 Å². The first kappa shape index (κ1) is 130. The zero-order valence-electron chi connectivity index (χ0n) is 48.7. The van der Waals surface area contributed by atoms with Gasteiger partial charge in [-0.05, 0) is 0 Å². The first-order chi connectivity index (χ1) is 38.2. The molecular weight excluding hydrogens is 1610 g/mol. The molecule has 2 radical (unpaired) electrons. The average Bonchev–Trinajstić information content (AvgIpc) is 3.34. The van der Waals surface area contributed by atoms with E-state index in [2.05, 4.69) is 61.2 Å². The van der Waals surface area contributed by atoms with Gasteiger partial charge in [-0.3, -0.25) is 0 Å². The van der Waals surface area contributed by atoms with Crippen molar-refractivity contribution in [2.24, 2.45) is 0 Å². The summed E-state index contributed by atoms with van der Waals surface area (Å²) in [4.78, 5) is 0. The Morgan fingerprint density at radius 1 is 0.368 bits per heavy atom. The van der Waals surface area contributed by atoms with Crippen LogP contribution in [0.15, 0.2) is 0 Å². The van der Waals surface area contributed by atoms with E-state index in [0.717, 1.165) is 18.6 Å². The van der Waals surface area contributed by atoms with Gasteiger partial charge in [-0.2, -0.15) is 95.3 Å². The van der Waals surface area contributed by atoms with Crippen molar-refractivity contribution >= 4 is 100 Å². The molecule has 30 nitrogen and oxygen atoms in total. The minimum atomic E-state index is -6.09. The molecule has 0 aliphatic rings. The summed E-state index contributed by atoms with van der Waals surface area (Å²) in [6.07, 6.45) is 2.12. The van der Waals surface area contributed by atoms with E-state index in [0.29, 0.717) is 5.25 Å². The Hall–Kier alpha value is -1.07. The van der Waals surface area contributed by atoms with Gasteiger partial charge in [-0.15, -0.1) is 0 Å². The Labute approximate surface area is 542 Å². The number of nitriles is 6. The van der Waals surface area contributed by atoms with Crippen molar-refractivity contribution in [3.05, 3.63) is 0 Å². The van der Waals surface area contributed by atoms with Crippen LogP contribution in [0.3, 0.4) is 0 Å². The van der Waals surface area contributed by atoms with Gasteiger partial charge < -0.3 is 97.8 Å². The minimum absolute atomic E-state index is 0. The Morgan fingerprint density at radius 2 is 0.448 bits per heavy atom. The van der Waals surface area contributed by atoms with Crippen molar-refractivity contribution in [3.8, 4) is 36.4 Å². The van der Waals surface area contributed by atoms with Crippen LogP contribution < -0.4 is 0 Å². The van der Waals surface area contributed by atoms with Crippen LogP contribution in [-0.4, -0.2) is 170 Å². The SMILES string of the molecule is CC#N.CC#N.CC#N.CC#N.CC#N.CC#N.CCC([S-])CC[S-].COP(OC)OC.COP(OC)OC.COP(OC)OC.COP(OC)OC.O=S(=O)([O-])C(F)(F)F.O=S(=O)([O-])C(F)(F)F.O=S(=O)([O-])C(F)(F)F.O=S(=O)([O-])C(F)(F)F.[Ru+3].[Ru+3]. The van der Waals surface area contributed by atoms with Crippen molar-refractivity contribution in [1.82, 2.24) is 0 Å². The molecule has 0 aliphatic carbocycles. The van der Waals surface area contributed by atoms with Crippen molar-refractivity contribution < 1.29 is 198 Å². The van der Waals surface area contributed by atoms with Gasteiger partial charge in [-0.25, -0.2) is 33.7 Å². The fourth-order valence-electron chi connectivity index (χ4n) is 1.23. The number of rotatable bonds is 15. The summed E-state index contributed by atoms with van der Waals surface area (Å²) >= 11 is 9.70. The monoisotopic (exact) mass is 1680 g/mol. The van der Waals surface area contributed by atoms with Gasteiger partial charge in [0.25, 0.3) is 0 Å². The van der Waals surface area contributed by atoms with Gasteiger partial charge in [0.05, 0.1) is 36.4 Å². The second-order valence-electron chi connectivity index (χ2n) is 9.55. The van der Waals surface area contributed by atoms with E-state index in [1.54, 1.807) is 122 Å². The van der Waals surface area contributed by atoms with Crippen LogP contribution in [0.25, 0.3) is 0 Å². The van der Waals surface area contributed by atoms with E-state index in [9.17, 15) is 52.7 Å². The number of nitrogens with zero attached hydrogens (tertiary/aromatic N) is 6. The molecule has 0 aliphatic heterocycles. The molecule has 0 aromatic carbocycles. The van der Waals surface area contributed by atoms with Crippen LogP contribution in [0.5, 0.6) is 0 Å². The summed E-state index contributed by atoms with van der Waals surface area (Å²) in [5.74, 6) is 0.821. The smallest absolute Gasteiger partial charge is 0.793 e. The zero-order chi connectivity index (χ0) is 72.7. The molecule has 0 N–H and O–H groups in total. The predicted molar refractivity (Wildman–Crippen MR) is 281 cm³/mol. The molecular formula is C33H64F12N6O24P4Ru2S6. The van der Waals surface area contributed by atoms with E-state index < -0.39 is 96.9 Å². The van der Waals surface area contributed by atoms with Gasteiger partial charge in [0.1, 0.15) is 0 Å². The van der Waals surface area contributed by atoms with Crippen LogP contribution in [0, 0.1) is 68.0 Å². The molecule has 0 saturated heterocycles. The topological polar surface area (TPSA) is 482 Å². The second-order valence-corrected chi connectivity index (χ2v) is 22.3. The molecule has 0 aromatic rings. The number of hydrogen-bond donors (Lipinski definition) is 0. The first-order valence-electron chi connectivity index (χ1n) is 19.1.